The van der Waals surface area contributed by atoms with Crippen molar-refractivity contribution in [2.24, 2.45) is 0 Å². The van der Waals surface area contributed by atoms with Gasteiger partial charge in [0.1, 0.15) is 6.33 Å². The number of benzene rings is 1. The Morgan fingerprint density at radius 3 is 2.57 bits per heavy atom. The van der Waals surface area contributed by atoms with E-state index in [-0.39, 0.29) is 23.4 Å². The molecule has 0 radical (unpaired) electrons. The highest BCUT2D eigenvalue weighted by Crippen LogP contribution is 2.32. The Morgan fingerprint density at radius 1 is 1.22 bits per heavy atom. The number of aromatic nitrogens is 2. The van der Waals surface area contributed by atoms with Crippen LogP contribution in [0.2, 0.25) is 0 Å². The minimum absolute atomic E-state index is 0.0828. The number of nitro groups is 1. The van der Waals surface area contributed by atoms with E-state index in [2.05, 4.69) is 20.6 Å². The molecule has 2 N–H and O–H groups in total. The lowest BCUT2D eigenvalue weighted by Gasteiger charge is -2.14. The van der Waals surface area contributed by atoms with Crippen molar-refractivity contribution < 1.29 is 4.92 Å². The summed E-state index contributed by atoms with van der Waals surface area (Å²) >= 11 is 0. The van der Waals surface area contributed by atoms with Gasteiger partial charge in [0.25, 0.3) is 0 Å². The molecule has 1 aromatic heterocycles. The smallest absolute Gasteiger partial charge is 0.353 e. The number of aryl methyl sites for hydroxylation is 1. The molecule has 1 aromatic carbocycles. The average molecular weight is 315 g/mol. The number of anilines is 3. The molecule has 0 amide bonds. The van der Waals surface area contributed by atoms with Gasteiger partial charge in [0, 0.05) is 11.7 Å². The van der Waals surface area contributed by atoms with Crippen molar-refractivity contribution in [3.63, 3.8) is 0 Å². The molecule has 0 aliphatic heterocycles. The molecule has 2 aromatic rings. The monoisotopic (exact) mass is 315 g/mol. The van der Waals surface area contributed by atoms with Gasteiger partial charge in [-0.2, -0.15) is 0 Å². The van der Waals surface area contributed by atoms with Gasteiger partial charge < -0.3 is 10.6 Å². The summed E-state index contributed by atoms with van der Waals surface area (Å²) in [4.78, 5) is 19.1. The highest BCUT2D eigenvalue weighted by Gasteiger charge is 2.24. The van der Waals surface area contributed by atoms with Crippen molar-refractivity contribution in [3.05, 3.63) is 46.3 Å². The van der Waals surface area contributed by atoms with Gasteiger partial charge in [0.15, 0.2) is 0 Å². The first-order chi connectivity index (χ1) is 11.1. The van der Waals surface area contributed by atoms with E-state index in [1.165, 1.54) is 6.33 Å². The standard InChI is InChI=1S/C16H21N5O2/c1-4-11(3)19-15-14(21(22)23)16(18-10-17-15)20-13-9-7-6-8-12(13)5-2/h6-11H,4-5H2,1-3H3,(H2,17,18,19,20). The molecule has 122 valence electrons. The first-order valence-corrected chi connectivity index (χ1v) is 7.67. The third-order valence-corrected chi connectivity index (χ3v) is 3.65. The second-order valence-corrected chi connectivity index (χ2v) is 5.27. The molecule has 0 fully saturated rings. The Balaban J connectivity index is 2.42. The zero-order chi connectivity index (χ0) is 16.8. The van der Waals surface area contributed by atoms with E-state index in [1.807, 2.05) is 45.0 Å². The van der Waals surface area contributed by atoms with Crippen LogP contribution in [0.5, 0.6) is 0 Å². The fourth-order valence-electron chi connectivity index (χ4n) is 2.16. The molecule has 7 heteroatoms. The van der Waals surface area contributed by atoms with Crippen LogP contribution in [0.4, 0.5) is 23.0 Å². The SMILES string of the molecule is CCc1ccccc1Nc1ncnc(NC(C)CC)c1[N+](=O)[O-]. The predicted molar refractivity (Wildman–Crippen MR) is 91.2 cm³/mol. The first kappa shape index (κ1) is 16.7. The van der Waals surface area contributed by atoms with Gasteiger partial charge in [0.05, 0.1) is 4.92 Å². The highest BCUT2D eigenvalue weighted by molar-refractivity contribution is 5.74. The maximum atomic E-state index is 11.5. The summed E-state index contributed by atoms with van der Waals surface area (Å²) in [5.41, 5.74) is 1.74. The van der Waals surface area contributed by atoms with Gasteiger partial charge >= 0.3 is 5.69 Å². The minimum Gasteiger partial charge on any atom is -0.362 e. The summed E-state index contributed by atoms with van der Waals surface area (Å²) < 4.78 is 0. The molecule has 2 rings (SSSR count). The number of hydrogen-bond acceptors (Lipinski definition) is 6. The maximum Gasteiger partial charge on any atom is 0.353 e. The number of nitrogens with zero attached hydrogens (tertiary/aromatic N) is 3. The molecular formula is C16H21N5O2. The highest BCUT2D eigenvalue weighted by atomic mass is 16.6. The van der Waals surface area contributed by atoms with E-state index in [0.717, 1.165) is 24.1 Å². The van der Waals surface area contributed by atoms with E-state index in [1.54, 1.807) is 0 Å². The lowest BCUT2D eigenvalue weighted by atomic mass is 10.1. The van der Waals surface area contributed by atoms with Crippen molar-refractivity contribution in [1.82, 2.24) is 9.97 Å². The van der Waals surface area contributed by atoms with E-state index < -0.39 is 4.92 Å². The molecule has 7 nitrogen and oxygen atoms in total. The van der Waals surface area contributed by atoms with Crippen LogP contribution < -0.4 is 10.6 Å². The lowest BCUT2D eigenvalue weighted by Crippen LogP contribution is -2.16. The lowest BCUT2D eigenvalue weighted by molar-refractivity contribution is -0.383. The van der Waals surface area contributed by atoms with Gasteiger partial charge in [-0.05, 0) is 31.4 Å². The molecule has 0 spiro atoms. The first-order valence-electron chi connectivity index (χ1n) is 7.67. The molecule has 0 saturated heterocycles. The number of nitrogens with one attached hydrogen (secondary N) is 2. The van der Waals surface area contributed by atoms with Gasteiger partial charge in [0.2, 0.25) is 11.6 Å². The van der Waals surface area contributed by atoms with Crippen molar-refractivity contribution in [1.29, 1.82) is 0 Å². The Kier molecular flexibility index (Phi) is 5.46. The fourth-order valence-corrected chi connectivity index (χ4v) is 2.16. The number of rotatable bonds is 7. The zero-order valence-electron chi connectivity index (χ0n) is 13.5. The third kappa shape index (κ3) is 3.94. The average Bonchev–Trinajstić information content (AvgIpc) is 2.55. The molecule has 0 bridgehead atoms. The van der Waals surface area contributed by atoms with Crippen LogP contribution in [0.25, 0.3) is 0 Å². The predicted octanol–water partition coefficient (Wildman–Crippen LogP) is 3.90. The maximum absolute atomic E-state index is 11.5. The quantitative estimate of drug-likeness (QED) is 0.594. The molecule has 0 aliphatic carbocycles. The molecule has 0 aliphatic rings. The van der Waals surface area contributed by atoms with Crippen LogP contribution >= 0.6 is 0 Å². The van der Waals surface area contributed by atoms with Crippen LogP contribution in [-0.4, -0.2) is 20.9 Å². The van der Waals surface area contributed by atoms with Gasteiger partial charge in [-0.15, -0.1) is 0 Å². The van der Waals surface area contributed by atoms with Crippen LogP contribution in [0.15, 0.2) is 30.6 Å². The van der Waals surface area contributed by atoms with Crippen LogP contribution in [-0.2, 0) is 6.42 Å². The van der Waals surface area contributed by atoms with E-state index in [4.69, 9.17) is 0 Å². The summed E-state index contributed by atoms with van der Waals surface area (Å²) in [5.74, 6) is 0.424. The summed E-state index contributed by atoms with van der Waals surface area (Å²) in [6.07, 6.45) is 2.98. The summed E-state index contributed by atoms with van der Waals surface area (Å²) in [6, 6.07) is 7.76. The second-order valence-electron chi connectivity index (χ2n) is 5.27. The molecule has 23 heavy (non-hydrogen) atoms. The summed E-state index contributed by atoms with van der Waals surface area (Å²) in [7, 11) is 0. The Hall–Kier alpha value is -2.70. The topological polar surface area (TPSA) is 93.0 Å². The minimum atomic E-state index is -0.457. The summed E-state index contributed by atoms with van der Waals surface area (Å²) in [5, 5.41) is 17.6. The number of hydrogen-bond donors (Lipinski definition) is 2. The molecular weight excluding hydrogens is 294 g/mol. The van der Waals surface area contributed by atoms with Crippen LogP contribution in [0, 0.1) is 10.1 Å². The number of para-hydroxylation sites is 1. The van der Waals surface area contributed by atoms with E-state index in [9.17, 15) is 10.1 Å². The third-order valence-electron chi connectivity index (χ3n) is 3.65. The molecule has 1 atom stereocenters. The second kappa shape index (κ2) is 7.53. The Morgan fingerprint density at radius 2 is 1.91 bits per heavy atom. The normalized spacial score (nSPS) is 11.8. The Bertz CT molecular complexity index is 690. The van der Waals surface area contributed by atoms with Crippen molar-refractivity contribution in [2.75, 3.05) is 10.6 Å². The van der Waals surface area contributed by atoms with Crippen LogP contribution in [0.3, 0.4) is 0 Å². The molecule has 1 heterocycles. The van der Waals surface area contributed by atoms with Crippen molar-refractivity contribution in [2.45, 2.75) is 39.7 Å². The van der Waals surface area contributed by atoms with Gasteiger partial charge in [-0.3, -0.25) is 10.1 Å². The molecule has 0 saturated carbocycles. The molecule has 1 unspecified atom stereocenters. The fraction of sp³-hybridized carbons (Fsp3) is 0.375. The largest absolute Gasteiger partial charge is 0.362 e. The zero-order valence-corrected chi connectivity index (χ0v) is 13.5. The van der Waals surface area contributed by atoms with Crippen molar-refractivity contribution in [3.8, 4) is 0 Å². The van der Waals surface area contributed by atoms with Crippen LogP contribution in [0.1, 0.15) is 32.8 Å². The summed E-state index contributed by atoms with van der Waals surface area (Å²) in [6.45, 7) is 5.98. The van der Waals surface area contributed by atoms with Crippen molar-refractivity contribution >= 4 is 23.0 Å². The van der Waals surface area contributed by atoms with Gasteiger partial charge in [-0.1, -0.05) is 32.0 Å². The van der Waals surface area contributed by atoms with E-state index >= 15 is 0 Å². The van der Waals surface area contributed by atoms with Gasteiger partial charge in [-0.25, -0.2) is 9.97 Å². The Labute approximate surface area is 135 Å². The van der Waals surface area contributed by atoms with E-state index in [0.29, 0.717) is 0 Å².